The van der Waals surface area contributed by atoms with Gasteiger partial charge in [-0.2, -0.15) is 0 Å². The first-order valence-electron chi connectivity index (χ1n) is 4.90. The number of halogens is 3. The molecule has 1 heterocycles. The van der Waals surface area contributed by atoms with E-state index < -0.39 is 11.6 Å². The zero-order chi connectivity index (χ0) is 13.3. The number of benzene rings is 1. The van der Waals surface area contributed by atoms with E-state index in [0.29, 0.717) is 10.2 Å². The molecule has 0 bridgehead atoms. The predicted octanol–water partition coefficient (Wildman–Crippen LogP) is 3.45. The molecule has 0 aliphatic carbocycles. The quantitative estimate of drug-likeness (QED) is 0.678. The molecule has 0 atom stereocenters. The van der Waals surface area contributed by atoms with Gasteiger partial charge in [-0.15, -0.1) is 0 Å². The molecule has 0 aliphatic rings. The van der Waals surface area contributed by atoms with Gasteiger partial charge >= 0.3 is 0 Å². The van der Waals surface area contributed by atoms with Crippen molar-refractivity contribution in [3.63, 3.8) is 0 Å². The third-order valence-electron chi connectivity index (χ3n) is 2.30. The number of hydrogen-bond acceptors (Lipinski definition) is 3. The highest BCUT2D eigenvalue weighted by atomic mass is 79.9. The number of anilines is 1. The predicted molar refractivity (Wildman–Crippen MR) is 71.2 cm³/mol. The first-order chi connectivity index (χ1) is 8.50. The monoisotopic (exact) mass is 328 g/mol. The number of nitrogen functional groups attached to an aromatic ring is 1. The number of nitrogens with zero attached hydrogens (tertiary/aromatic N) is 1. The minimum absolute atomic E-state index is 0.112. The summed E-state index contributed by atoms with van der Waals surface area (Å²) in [4.78, 5) is 15.9. The topological polar surface area (TPSA) is 56.0 Å². The van der Waals surface area contributed by atoms with E-state index in [2.05, 4.69) is 20.9 Å². The molecule has 0 unspecified atom stereocenters. The van der Waals surface area contributed by atoms with Crippen LogP contribution in [0.15, 0.2) is 34.9 Å². The van der Waals surface area contributed by atoms with Crippen LogP contribution in [0.3, 0.4) is 0 Å². The van der Waals surface area contributed by atoms with Gasteiger partial charge in [-0.25, -0.2) is 4.39 Å². The number of aromatic nitrogens is 1. The Morgan fingerprint density at radius 3 is 2.67 bits per heavy atom. The number of ketones is 1. The zero-order valence-corrected chi connectivity index (χ0v) is 11.3. The number of pyridine rings is 1. The largest absolute Gasteiger partial charge is 0.397 e. The van der Waals surface area contributed by atoms with Crippen LogP contribution in [0.5, 0.6) is 0 Å². The average molecular weight is 330 g/mol. The fourth-order valence-electron chi connectivity index (χ4n) is 1.38. The van der Waals surface area contributed by atoms with Crippen molar-refractivity contribution >= 4 is 39.0 Å². The Hall–Kier alpha value is -1.46. The van der Waals surface area contributed by atoms with Crippen molar-refractivity contribution in [1.82, 2.24) is 4.98 Å². The first kappa shape index (κ1) is 13.0. The first-order valence-corrected chi connectivity index (χ1v) is 6.07. The number of rotatable bonds is 2. The molecule has 1 aromatic heterocycles. The van der Waals surface area contributed by atoms with E-state index in [1.165, 1.54) is 30.5 Å². The maximum absolute atomic E-state index is 13.8. The second kappa shape index (κ2) is 5.04. The van der Waals surface area contributed by atoms with Gasteiger partial charge in [0.15, 0.2) is 5.82 Å². The van der Waals surface area contributed by atoms with Gasteiger partial charge in [0.2, 0.25) is 5.78 Å². The fourth-order valence-corrected chi connectivity index (χ4v) is 1.85. The van der Waals surface area contributed by atoms with Crippen molar-refractivity contribution in [3.05, 3.63) is 57.0 Å². The highest BCUT2D eigenvalue weighted by molar-refractivity contribution is 9.10. The van der Waals surface area contributed by atoms with Gasteiger partial charge in [0, 0.05) is 4.47 Å². The van der Waals surface area contributed by atoms with Gasteiger partial charge in [0.1, 0.15) is 5.69 Å². The highest BCUT2D eigenvalue weighted by Crippen LogP contribution is 2.28. The van der Waals surface area contributed by atoms with Crippen molar-refractivity contribution < 1.29 is 9.18 Å². The molecule has 0 fully saturated rings. The lowest BCUT2D eigenvalue weighted by Crippen LogP contribution is -2.07. The van der Waals surface area contributed by atoms with E-state index in [1.807, 2.05) is 0 Å². The Bertz CT molecular complexity index is 616. The van der Waals surface area contributed by atoms with Gasteiger partial charge in [-0.05, 0) is 40.2 Å². The Morgan fingerprint density at radius 1 is 1.33 bits per heavy atom. The summed E-state index contributed by atoms with van der Waals surface area (Å²) >= 11 is 8.80. The van der Waals surface area contributed by atoms with E-state index in [1.54, 1.807) is 0 Å². The van der Waals surface area contributed by atoms with E-state index in [-0.39, 0.29) is 16.3 Å². The van der Waals surface area contributed by atoms with E-state index in [4.69, 9.17) is 17.3 Å². The molecule has 1 aromatic carbocycles. The fraction of sp³-hybridized carbons (Fsp3) is 0. The second-order valence-corrected chi connectivity index (χ2v) is 4.76. The van der Waals surface area contributed by atoms with E-state index >= 15 is 0 Å². The highest BCUT2D eigenvalue weighted by Gasteiger charge is 2.18. The summed E-state index contributed by atoms with van der Waals surface area (Å²) in [5.41, 5.74) is 5.88. The van der Waals surface area contributed by atoms with Crippen LogP contribution >= 0.6 is 27.5 Å². The Balaban J connectivity index is 2.46. The number of hydrogen-bond donors (Lipinski definition) is 1. The Labute approximate surface area is 116 Å². The summed E-state index contributed by atoms with van der Waals surface area (Å²) in [7, 11) is 0. The number of nitrogens with two attached hydrogens (primary N) is 1. The van der Waals surface area contributed by atoms with Crippen LogP contribution < -0.4 is 5.73 Å². The van der Waals surface area contributed by atoms with E-state index in [9.17, 15) is 9.18 Å². The molecule has 18 heavy (non-hydrogen) atoms. The van der Waals surface area contributed by atoms with Gasteiger partial charge in [-0.1, -0.05) is 11.6 Å². The standard InChI is InChI=1S/C12H7BrClFN2O/c13-8-3-2-7(11(15)10(8)14)12(18)9-4-1-6(16)5-17-9/h1-5H,16H2. The maximum Gasteiger partial charge on any atom is 0.214 e. The number of carbonyl (C=O) groups is 1. The zero-order valence-electron chi connectivity index (χ0n) is 8.95. The normalized spacial score (nSPS) is 10.4. The van der Waals surface area contributed by atoms with Crippen molar-refractivity contribution in [2.24, 2.45) is 0 Å². The summed E-state index contributed by atoms with van der Waals surface area (Å²) in [5.74, 6) is -1.31. The third-order valence-corrected chi connectivity index (χ3v) is 3.56. The van der Waals surface area contributed by atoms with Crippen LogP contribution in [0.25, 0.3) is 0 Å². The van der Waals surface area contributed by atoms with Crippen LogP contribution in [0.4, 0.5) is 10.1 Å². The maximum atomic E-state index is 13.8. The molecule has 6 heteroatoms. The minimum Gasteiger partial charge on any atom is -0.397 e. The van der Waals surface area contributed by atoms with Crippen LogP contribution in [-0.2, 0) is 0 Å². The molecule has 2 N–H and O–H groups in total. The van der Waals surface area contributed by atoms with Crippen molar-refractivity contribution in [2.75, 3.05) is 5.73 Å². The van der Waals surface area contributed by atoms with Crippen LogP contribution in [-0.4, -0.2) is 10.8 Å². The Morgan fingerprint density at radius 2 is 2.06 bits per heavy atom. The Kier molecular flexibility index (Phi) is 3.63. The lowest BCUT2D eigenvalue weighted by atomic mass is 10.1. The summed E-state index contributed by atoms with van der Waals surface area (Å²) in [5, 5.41) is -0.128. The summed E-state index contributed by atoms with van der Waals surface area (Å²) in [6.07, 6.45) is 1.34. The van der Waals surface area contributed by atoms with Crippen molar-refractivity contribution in [3.8, 4) is 0 Å². The second-order valence-electron chi connectivity index (χ2n) is 3.53. The molecule has 0 aliphatic heterocycles. The third kappa shape index (κ3) is 2.37. The van der Waals surface area contributed by atoms with E-state index in [0.717, 1.165) is 0 Å². The molecule has 0 saturated heterocycles. The molecule has 2 rings (SSSR count). The number of carbonyl (C=O) groups excluding carboxylic acids is 1. The molecule has 0 radical (unpaired) electrons. The van der Waals surface area contributed by atoms with Crippen LogP contribution in [0.1, 0.15) is 16.1 Å². The van der Waals surface area contributed by atoms with Crippen molar-refractivity contribution in [1.29, 1.82) is 0 Å². The lowest BCUT2D eigenvalue weighted by Gasteiger charge is -2.05. The van der Waals surface area contributed by atoms with Crippen molar-refractivity contribution in [2.45, 2.75) is 0 Å². The molecular formula is C12H7BrClFN2O. The molecule has 0 amide bonds. The molecule has 92 valence electrons. The molecule has 0 saturated carbocycles. The van der Waals surface area contributed by atoms with Gasteiger partial charge in [-0.3, -0.25) is 9.78 Å². The van der Waals surface area contributed by atoms with Crippen LogP contribution in [0, 0.1) is 5.82 Å². The average Bonchev–Trinajstić information content (AvgIpc) is 2.36. The molecule has 3 nitrogen and oxygen atoms in total. The van der Waals surface area contributed by atoms with Gasteiger partial charge in [0.05, 0.1) is 22.5 Å². The lowest BCUT2D eigenvalue weighted by molar-refractivity contribution is 0.103. The van der Waals surface area contributed by atoms with Gasteiger partial charge in [0.25, 0.3) is 0 Å². The molecular weight excluding hydrogens is 322 g/mol. The molecule has 2 aromatic rings. The van der Waals surface area contributed by atoms with Gasteiger partial charge < -0.3 is 5.73 Å². The summed E-state index contributed by atoms with van der Waals surface area (Å²) in [6.45, 7) is 0. The smallest absolute Gasteiger partial charge is 0.214 e. The minimum atomic E-state index is -0.769. The summed E-state index contributed by atoms with van der Waals surface area (Å²) in [6, 6.07) is 5.83. The molecule has 0 spiro atoms. The SMILES string of the molecule is Nc1ccc(C(=O)c2ccc(Br)c(Cl)c2F)nc1. The van der Waals surface area contributed by atoms with Crippen LogP contribution in [0.2, 0.25) is 5.02 Å². The summed E-state index contributed by atoms with van der Waals surface area (Å²) < 4.78 is 14.2.